The number of amides is 1. The Morgan fingerprint density at radius 3 is 2.52 bits per heavy atom. The Kier molecular flexibility index (Phi) is 3.98. The summed E-state index contributed by atoms with van der Waals surface area (Å²) in [6.07, 6.45) is 5.16. The van der Waals surface area contributed by atoms with E-state index in [0.29, 0.717) is 12.6 Å². The third kappa shape index (κ3) is 2.95. The molecule has 0 saturated heterocycles. The van der Waals surface area contributed by atoms with E-state index in [1.807, 2.05) is 31.2 Å². The van der Waals surface area contributed by atoms with Crippen molar-refractivity contribution in [1.82, 2.24) is 4.90 Å². The van der Waals surface area contributed by atoms with Crippen molar-refractivity contribution in [2.45, 2.75) is 57.7 Å². The molecule has 2 fully saturated rings. The van der Waals surface area contributed by atoms with Gasteiger partial charge in [0.15, 0.2) is 0 Å². The molecule has 0 radical (unpaired) electrons. The van der Waals surface area contributed by atoms with Gasteiger partial charge in [-0.2, -0.15) is 0 Å². The van der Waals surface area contributed by atoms with Crippen molar-refractivity contribution < 1.29 is 4.79 Å². The van der Waals surface area contributed by atoms with Gasteiger partial charge in [-0.25, -0.2) is 0 Å². The number of hydrogen-bond donors (Lipinski definition) is 1. The summed E-state index contributed by atoms with van der Waals surface area (Å²) in [6.45, 7) is 2.72. The highest BCUT2D eigenvalue weighted by molar-refractivity contribution is 6.30. The predicted molar refractivity (Wildman–Crippen MR) is 85.0 cm³/mol. The SMILES string of the molecule is CC1(C(=O)N(Cc2ccc(Cl)cc2)C2CC2)CCCC1N. The van der Waals surface area contributed by atoms with E-state index in [9.17, 15) is 4.79 Å². The summed E-state index contributed by atoms with van der Waals surface area (Å²) in [5, 5.41) is 0.729. The maximum absolute atomic E-state index is 13.1. The van der Waals surface area contributed by atoms with Gasteiger partial charge in [0, 0.05) is 23.7 Å². The molecule has 2 unspecified atom stereocenters. The van der Waals surface area contributed by atoms with Crippen molar-refractivity contribution in [2.24, 2.45) is 11.1 Å². The second-order valence-electron chi connectivity index (χ2n) is 6.71. The van der Waals surface area contributed by atoms with Crippen molar-refractivity contribution in [1.29, 1.82) is 0 Å². The van der Waals surface area contributed by atoms with Crippen LogP contribution in [-0.4, -0.2) is 22.9 Å². The molecule has 2 aliphatic carbocycles. The maximum Gasteiger partial charge on any atom is 0.230 e. The quantitative estimate of drug-likeness (QED) is 0.927. The van der Waals surface area contributed by atoms with Crippen LogP contribution in [0.25, 0.3) is 0 Å². The fourth-order valence-electron chi connectivity index (χ4n) is 3.33. The maximum atomic E-state index is 13.1. The highest BCUT2D eigenvalue weighted by atomic mass is 35.5. The molecule has 2 N–H and O–H groups in total. The fraction of sp³-hybridized carbons (Fsp3) is 0.588. The molecule has 0 heterocycles. The average molecular weight is 307 g/mol. The molecule has 4 heteroatoms. The van der Waals surface area contributed by atoms with Gasteiger partial charge in [-0.05, 0) is 50.3 Å². The lowest BCUT2D eigenvalue weighted by Crippen LogP contribution is -2.49. The second kappa shape index (κ2) is 5.62. The van der Waals surface area contributed by atoms with Crippen LogP contribution in [0.4, 0.5) is 0 Å². The number of benzene rings is 1. The van der Waals surface area contributed by atoms with E-state index in [1.165, 1.54) is 0 Å². The van der Waals surface area contributed by atoms with Crippen LogP contribution >= 0.6 is 11.6 Å². The number of nitrogens with zero attached hydrogens (tertiary/aromatic N) is 1. The standard InChI is InChI=1S/C17H23ClN2O/c1-17(10-2-3-15(17)19)16(21)20(14-8-9-14)11-12-4-6-13(18)7-5-12/h4-7,14-15H,2-3,8-11,19H2,1H3. The molecule has 0 bridgehead atoms. The van der Waals surface area contributed by atoms with Crippen LogP contribution in [0.2, 0.25) is 5.02 Å². The lowest BCUT2D eigenvalue weighted by molar-refractivity contribution is -0.143. The minimum atomic E-state index is -0.380. The summed E-state index contributed by atoms with van der Waals surface area (Å²) < 4.78 is 0. The Morgan fingerprint density at radius 2 is 2.00 bits per heavy atom. The molecule has 3 rings (SSSR count). The molecular formula is C17H23ClN2O. The molecular weight excluding hydrogens is 284 g/mol. The molecule has 2 saturated carbocycles. The van der Waals surface area contributed by atoms with E-state index in [2.05, 4.69) is 4.90 Å². The number of rotatable bonds is 4. The highest BCUT2D eigenvalue weighted by Gasteiger charge is 2.47. The number of halogens is 1. The van der Waals surface area contributed by atoms with E-state index in [1.54, 1.807) is 0 Å². The molecule has 114 valence electrons. The van der Waals surface area contributed by atoms with Gasteiger partial charge in [-0.15, -0.1) is 0 Å². The molecule has 2 atom stereocenters. The summed E-state index contributed by atoms with van der Waals surface area (Å²) in [7, 11) is 0. The van der Waals surface area contributed by atoms with Gasteiger partial charge in [0.1, 0.15) is 0 Å². The smallest absolute Gasteiger partial charge is 0.230 e. The summed E-state index contributed by atoms with van der Waals surface area (Å²) >= 11 is 5.93. The fourth-order valence-corrected chi connectivity index (χ4v) is 3.45. The van der Waals surface area contributed by atoms with Crippen LogP contribution in [0.3, 0.4) is 0 Å². The van der Waals surface area contributed by atoms with Gasteiger partial charge in [0.2, 0.25) is 5.91 Å². The van der Waals surface area contributed by atoms with Gasteiger partial charge in [-0.1, -0.05) is 30.2 Å². The van der Waals surface area contributed by atoms with Gasteiger partial charge < -0.3 is 10.6 Å². The molecule has 1 aromatic rings. The first-order chi connectivity index (χ1) is 10.0. The Hall–Kier alpha value is -1.06. The van der Waals surface area contributed by atoms with Crippen molar-refractivity contribution in [2.75, 3.05) is 0 Å². The minimum absolute atomic E-state index is 0.00327. The molecule has 0 aromatic heterocycles. The number of carbonyl (C=O) groups excluding carboxylic acids is 1. The van der Waals surface area contributed by atoms with Crippen LogP contribution in [0.1, 0.15) is 44.6 Å². The summed E-state index contributed by atoms with van der Waals surface area (Å²) in [5.74, 6) is 0.241. The van der Waals surface area contributed by atoms with E-state index in [4.69, 9.17) is 17.3 Å². The number of carbonyl (C=O) groups is 1. The van der Waals surface area contributed by atoms with Crippen LogP contribution in [0, 0.1) is 5.41 Å². The van der Waals surface area contributed by atoms with E-state index < -0.39 is 0 Å². The molecule has 1 aromatic carbocycles. The summed E-state index contributed by atoms with van der Waals surface area (Å²) in [5.41, 5.74) is 6.97. The zero-order valence-corrected chi connectivity index (χ0v) is 13.3. The number of hydrogen-bond acceptors (Lipinski definition) is 2. The normalized spacial score (nSPS) is 28.6. The monoisotopic (exact) mass is 306 g/mol. The lowest BCUT2D eigenvalue weighted by Gasteiger charge is -2.35. The van der Waals surface area contributed by atoms with Gasteiger partial charge in [-0.3, -0.25) is 4.79 Å². The first-order valence-electron chi connectivity index (χ1n) is 7.82. The molecule has 2 aliphatic rings. The lowest BCUT2D eigenvalue weighted by atomic mass is 9.83. The van der Waals surface area contributed by atoms with Crippen molar-refractivity contribution in [3.05, 3.63) is 34.9 Å². The van der Waals surface area contributed by atoms with E-state index in [-0.39, 0.29) is 17.4 Å². The first-order valence-corrected chi connectivity index (χ1v) is 8.19. The topological polar surface area (TPSA) is 46.3 Å². The average Bonchev–Trinajstić information content (AvgIpc) is 3.25. The minimum Gasteiger partial charge on any atom is -0.335 e. The first kappa shape index (κ1) is 14.9. The van der Waals surface area contributed by atoms with Crippen LogP contribution in [0.15, 0.2) is 24.3 Å². The molecule has 1 amide bonds. The second-order valence-corrected chi connectivity index (χ2v) is 7.14. The molecule has 0 aliphatic heterocycles. The third-order valence-electron chi connectivity index (χ3n) is 5.03. The summed E-state index contributed by atoms with van der Waals surface area (Å²) in [6, 6.07) is 8.17. The van der Waals surface area contributed by atoms with Crippen LogP contribution in [0.5, 0.6) is 0 Å². The van der Waals surface area contributed by atoms with Crippen molar-refractivity contribution in [3.8, 4) is 0 Å². The molecule has 0 spiro atoms. The Balaban J connectivity index is 1.78. The largest absolute Gasteiger partial charge is 0.335 e. The zero-order valence-electron chi connectivity index (χ0n) is 12.5. The van der Waals surface area contributed by atoms with Gasteiger partial charge >= 0.3 is 0 Å². The van der Waals surface area contributed by atoms with E-state index >= 15 is 0 Å². The Labute approximate surface area is 131 Å². The zero-order chi connectivity index (χ0) is 15.0. The van der Waals surface area contributed by atoms with Crippen LogP contribution < -0.4 is 5.73 Å². The third-order valence-corrected chi connectivity index (χ3v) is 5.28. The van der Waals surface area contributed by atoms with Crippen molar-refractivity contribution in [3.63, 3.8) is 0 Å². The van der Waals surface area contributed by atoms with Crippen molar-refractivity contribution >= 4 is 17.5 Å². The molecule has 3 nitrogen and oxygen atoms in total. The van der Waals surface area contributed by atoms with Gasteiger partial charge in [0.05, 0.1) is 5.41 Å². The van der Waals surface area contributed by atoms with Crippen LogP contribution in [-0.2, 0) is 11.3 Å². The Bertz CT molecular complexity index is 526. The Morgan fingerprint density at radius 1 is 1.33 bits per heavy atom. The van der Waals surface area contributed by atoms with E-state index in [0.717, 1.165) is 42.7 Å². The van der Waals surface area contributed by atoms with Gasteiger partial charge in [0.25, 0.3) is 0 Å². The highest BCUT2D eigenvalue weighted by Crippen LogP contribution is 2.41. The summed E-state index contributed by atoms with van der Waals surface area (Å²) in [4.78, 5) is 15.1. The number of nitrogens with two attached hydrogens (primary N) is 1. The predicted octanol–water partition coefficient (Wildman–Crippen LogP) is 3.35. The molecule has 21 heavy (non-hydrogen) atoms.